The number of hydrogen-bond donors (Lipinski definition) is 2. The first-order valence-electron chi connectivity index (χ1n) is 5.27. The Labute approximate surface area is 95.4 Å². The number of amides is 1. The van der Waals surface area contributed by atoms with Crippen LogP contribution in [0, 0.1) is 0 Å². The lowest BCUT2D eigenvalue weighted by Crippen LogP contribution is -2.54. The average molecular weight is 232 g/mol. The second-order valence-electron chi connectivity index (χ2n) is 5.02. The summed E-state index contributed by atoms with van der Waals surface area (Å²) >= 11 is 0. The largest absolute Gasteiger partial charge is 0.444 e. The van der Waals surface area contributed by atoms with Gasteiger partial charge in [0.1, 0.15) is 5.60 Å². The third-order valence-corrected chi connectivity index (χ3v) is 2.23. The van der Waals surface area contributed by atoms with E-state index < -0.39 is 17.2 Å². The number of alkyl carbamates (subject to hydrolysis) is 1. The summed E-state index contributed by atoms with van der Waals surface area (Å²) in [6.45, 7) is 6.62. The lowest BCUT2D eigenvalue weighted by atomic mass is 10.0. The van der Waals surface area contributed by atoms with E-state index in [9.17, 15) is 4.79 Å². The fraction of sp³-hybridized carbons (Fsp3) is 0.900. The Morgan fingerprint density at radius 1 is 1.56 bits per heavy atom. The third-order valence-electron chi connectivity index (χ3n) is 2.23. The molecular weight excluding hydrogens is 212 g/mol. The zero-order chi connectivity index (χ0) is 12.2. The summed E-state index contributed by atoms with van der Waals surface area (Å²) in [5.74, 6) is 5.05. The van der Waals surface area contributed by atoms with E-state index >= 15 is 0 Å². The molecule has 0 radical (unpaired) electrons. The number of carbonyl (C=O) groups excluding carboxylic acids is 1. The fourth-order valence-electron chi connectivity index (χ4n) is 1.54. The molecule has 1 fully saturated rings. The molecule has 1 aliphatic rings. The highest BCUT2D eigenvalue weighted by Crippen LogP contribution is 2.19. The van der Waals surface area contributed by atoms with E-state index in [0.29, 0.717) is 19.6 Å². The quantitative estimate of drug-likeness (QED) is 0.695. The van der Waals surface area contributed by atoms with Crippen LogP contribution in [0.3, 0.4) is 0 Å². The topological polar surface area (TPSA) is 82.8 Å². The molecule has 0 aromatic rings. The zero-order valence-electron chi connectivity index (χ0n) is 10.0. The number of hydrogen-bond acceptors (Lipinski definition) is 5. The van der Waals surface area contributed by atoms with Crippen LogP contribution in [0.25, 0.3) is 0 Å². The summed E-state index contributed by atoms with van der Waals surface area (Å²) in [6.07, 6.45) is 0.193. The van der Waals surface area contributed by atoms with Crippen LogP contribution < -0.4 is 11.2 Å². The van der Waals surface area contributed by atoms with Gasteiger partial charge in [-0.1, -0.05) is 0 Å². The van der Waals surface area contributed by atoms with Crippen molar-refractivity contribution in [3.8, 4) is 0 Å². The number of ether oxygens (including phenoxy) is 2. The van der Waals surface area contributed by atoms with Gasteiger partial charge in [-0.05, 0) is 27.2 Å². The van der Waals surface area contributed by atoms with Gasteiger partial charge in [-0.3, -0.25) is 0 Å². The van der Waals surface area contributed by atoms with E-state index in [-0.39, 0.29) is 6.61 Å². The van der Waals surface area contributed by atoms with E-state index in [1.54, 1.807) is 0 Å². The van der Waals surface area contributed by atoms with Crippen LogP contribution >= 0.6 is 0 Å². The maximum Gasteiger partial charge on any atom is 0.408 e. The van der Waals surface area contributed by atoms with Crippen LogP contribution in [0.15, 0.2) is 0 Å². The Bertz CT molecular complexity index is 244. The minimum atomic E-state index is -0.558. The van der Waals surface area contributed by atoms with Crippen molar-refractivity contribution >= 4 is 6.09 Å². The highest BCUT2D eigenvalue weighted by molar-refractivity contribution is 5.69. The predicted octanol–water partition coefficient (Wildman–Crippen LogP) is 0.561. The van der Waals surface area contributed by atoms with Crippen molar-refractivity contribution in [3.63, 3.8) is 0 Å². The molecule has 1 amide bonds. The summed E-state index contributed by atoms with van der Waals surface area (Å²) in [5.41, 5.74) is -1.08. The predicted molar refractivity (Wildman–Crippen MR) is 57.7 cm³/mol. The Morgan fingerprint density at radius 2 is 2.25 bits per heavy atom. The van der Waals surface area contributed by atoms with Crippen molar-refractivity contribution in [2.75, 3.05) is 19.8 Å². The molecule has 1 aliphatic heterocycles. The van der Waals surface area contributed by atoms with E-state index in [4.69, 9.17) is 15.4 Å². The Morgan fingerprint density at radius 3 is 2.69 bits per heavy atom. The highest BCUT2D eigenvalue weighted by atomic mass is 16.6. The molecular formula is C10H20N2O4. The molecule has 16 heavy (non-hydrogen) atoms. The number of nitrogens with two attached hydrogens (primary N) is 1. The first kappa shape index (κ1) is 13.2. The molecule has 1 atom stereocenters. The molecule has 0 saturated carbocycles. The monoisotopic (exact) mass is 232 g/mol. The van der Waals surface area contributed by atoms with E-state index in [0.717, 1.165) is 0 Å². The van der Waals surface area contributed by atoms with Gasteiger partial charge in [-0.15, -0.1) is 0 Å². The number of nitrogens with one attached hydrogen (secondary N) is 1. The van der Waals surface area contributed by atoms with Crippen molar-refractivity contribution in [3.05, 3.63) is 0 Å². The first-order chi connectivity index (χ1) is 7.37. The maximum absolute atomic E-state index is 11.6. The molecule has 3 N–H and O–H groups in total. The summed E-state index contributed by atoms with van der Waals surface area (Å²) < 4.78 is 10.4. The smallest absolute Gasteiger partial charge is 0.408 e. The van der Waals surface area contributed by atoms with Gasteiger partial charge >= 0.3 is 6.09 Å². The van der Waals surface area contributed by atoms with Crippen molar-refractivity contribution in [1.29, 1.82) is 0 Å². The second kappa shape index (κ2) is 4.99. The van der Waals surface area contributed by atoms with Crippen molar-refractivity contribution in [2.45, 2.75) is 38.3 Å². The van der Waals surface area contributed by atoms with Crippen LogP contribution in [-0.4, -0.2) is 37.1 Å². The van der Waals surface area contributed by atoms with E-state index in [1.165, 1.54) is 0 Å². The SMILES string of the molecule is CC(C)(C)OC(=O)NC1(CON)CCOC1. The highest BCUT2D eigenvalue weighted by Gasteiger charge is 2.38. The fourth-order valence-corrected chi connectivity index (χ4v) is 1.54. The van der Waals surface area contributed by atoms with E-state index in [2.05, 4.69) is 10.2 Å². The van der Waals surface area contributed by atoms with Gasteiger partial charge in [0.15, 0.2) is 0 Å². The molecule has 1 rings (SSSR count). The van der Waals surface area contributed by atoms with Crippen molar-refractivity contribution in [1.82, 2.24) is 5.32 Å². The molecule has 1 unspecified atom stereocenters. The summed E-state index contributed by atoms with van der Waals surface area (Å²) in [6, 6.07) is 0. The number of rotatable bonds is 3. The van der Waals surface area contributed by atoms with Crippen LogP contribution in [0.1, 0.15) is 27.2 Å². The molecule has 6 nitrogen and oxygen atoms in total. The van der Waals surface area contributed by atoms with Crippen LogP contribution in [0.4, 0.5) is 4.79 Å². The molecule has 0 spiro atoms. The Kier molecular flexibility index (Phi) is 4.12. The third kappa shape index (κ3) is 3.96. The molecule has 1 heterocycles. The average Bonchev–Trinajstić information content (AvgIpc) is 2.49. The van der Waals surface area contributed by atoms with Gasteiger partial charge in [0, 0.05) is 6.61 Å². The molecule has 94 valence electrons. The summed E-state index contributed by atoms with van der Waals surface area (Å²) in [4.78, 5) is 16.2. The number of carbonyl (C=O) groups is 1. The molecule has 6 heteroatoms. The van der Waals surface area contributed by atoms with Gasteiger partial charge in [-0.2, -0.15) is 0 Å². The van der Waals surface area contributed by atoms with Crippen LogP contribution in [0.2, 0.25) is 0 Å². The lowest BCUT2D eigenvalue weighted by molar-refractivity contribution is 0.0250. The maximum atomic E-state index is 11.6. The minimum Gasteiger partial charge on any atom is -0.444 e. The summed E-state index contributed by atoms with van der Waals surface area (Å²) in [7, 11) is 0. The van der Waals surface area contributed by atoms with Crippen molar-refractivity contribution in [2.24, 2.45) is 5.90 Å². The molecule has 0 bridgehead atoms. The lowest BCUT2D eigenvalue weighted by Gasteiger charge is -2.29. The minimum absolute atomic E-state index is 0.215. The van der Waals surface area contributed by atoms with Gasteiger partial charge in [0.2, 0.25) is 0 Å². The van der Waals surface area contributed by atoms with Gasteiger partial charge in [0.05, 0.1) is 18.8 Å². The van der Waals surface area contributed by atoms with Crippen LogP contribution in [-0.2, 0) is 14.3 Å². The van der Waals surface area contributed by atoms with Gasteiger partial charge < -0.3 is 19.6 Å². The van der Waals surface area contributed by atoms with E-state index in [1.807, 2.05) is 20.8 Å². The standard InChI is InChI=1S/C10H20N2O4/c1-9(2,3)16-8(13)12-10(7-15-11)4-5-14-6-10/h4-7,11H2,1-3H3,(H,12,13). The molecule has 0 aromatic heterocycles. The normalized spacial score (nSPS) is 25.5. The zero-order valence-corrected chi connectivity index (χ0v) is 10.0. The first-order valence-corrected chi connectivity index (χ1v) is 5.27. The Balaban J connectivity index is 2.52. The molecule has 1 saturated heterocycles. The second-order valence-corrected chi connectivity index (χ2v) is 5.02. The molecule has 0 aromatic carbocycles. The molecule has 0 aliphatic carbocycles. The van der Waals surface area contributed by atoms with Gasteiger partial charge in [0.25, 0.3) is 0 Å². The van der Waals surface area contributed by atoms with Crippen molar-refractivity contribution < 1.29 is 19.1 Å². The van der Waals surface area contributed by atoms with Gasteiger partial charge in [-0.25, -0.2) is 10.7 Å². The summed E-state index contributed by atoms with van der Waals surface area (Å²) in [5, 5.41) is 2.76. The van der Waals surface area contributed by atoms with Crippen LogP contribution in [0.5, 0.6) is 0 Å². The Hall–Kier alpha value is -0.850.